The SMILES string of the molecule is CCCCC/C=C\C/C=C\CCCCCCCCCCCC(=O)OC(COC(=O)CCCCCCC/C=C\CCCCCCCC)COC(=O)CCCCCCCCCCCCCC/C=C\C/C=C\C/C=C\CCCCCCC. The molecule has 0 N–H and O–H groups in total. The van der Waals surface area contributed by atoms with E-state index in [1.54, 1.807) is 0 Å². The van der Waals surface area contributed by atoms with Gasteiger partial charge >= 0.3 is 17.9 Å². The average Bonchev–Trinajstić information content (AvgIpc) is 3.45. The molecule has 0 saturated heterocycles. The standard InChI is InChI=1S/C73H130O6/c1-4-7-10-13-16-19-22-25-28-30-32-33-34-35-36-37-38-39-41-42-45-48-51-54-57-60-63-66-72(75)78-69-70(68-77-71(74)65-62-59-56-53-50-47-44-27-24-21-18-15-12-9-6-3)79-73(76)67-64-61-58-55-52-49-46-43-40-31-29-26-23-20-17-14-11-8-5-2/h17,20,22,25-27,29-30,32,34-35,44,70H,4-16,18-19,21,23-24,28,31,33,36-43,45-69H2,1-3H3/b20-17-,25-22-,29-26-,32-30-,35-34-,44-27-. The van der Waals surface area contributed by atoms with E-state index >= 15 is 0 Å². The molecule has 0 aromatic carbocycles. The molecule has 0 fully saturated rings. The summed E-state index contributed by atoms with van der Waals surface area (Å²) < 4.78 is 17.0. The van der Waals surface area contributed by atoms with Crippen molar-refractivity contribution in [2.24, 2.45) is 0 Å². The van der Waals surface area contributed by atoms with Crippen LogP contribution in [0.25, 0.3) is 0 Å². The molecule has 0 spiro atoms. The van der Waals surface area contributed by atoms with Crippen LogP contribution < -0.4 is 0 Å². The topological polar surface area (TPSA) is 78.9 Å². The first kappa shape index (κ1) is 75.8. The molecule has 1 unspecified atom stereocenters. The van der Waals surface area contributed by atoms with Crippen molar-refractivity contribution in [2.45, 2.75) is 361 Å². The van der Waals surface area contributed by atoms with Crippen LogP contribution in [0.2, 0.25) is 0 Å². The largest absolute Gasteiger partial charge is 0.462 e. The molecule has 6 heteroatoms. The highest BCUT2D eigenvalue weighted by Gasteiger charge is 2.19. The van der Waals surface area contributed by atoms with Crippen molar-refractivity contribution in [1.29, 1.82) is 0 Å². The molecule has 0 bridgehead atoms. The van der Waals surface area contributed by atoms with Crippen LogP contribution in [0, 0.1) is 0 Å². The molecule has 79 heavy (non-hydrogen) atoms. The van der Waals surface area contributed by atoms with E-state index < -0.39 is 6.10 Å². The number of carbonyl (C=O) groups is 3. The van der Waals surface area contributed by atoms with Crippen molar-refractivity contribution in [3.05, 3.63) is 72.9 Å². The van der Waals surface area contributed by atoms with Gasteiger partial charge in [0.1, 0.15) is 13.2 Å². The van der Waals surface area contributed by atoms with E-state index in [0.717, 1.165) is 83.5 Å². The molecule has 0 amide bonds. The Labute approximate surface area is 491 Å². The molecule has 1 atom stereocenters. The number of hydrogen-bond donors (Lipinski definition) is 0. The van der Waals surface area contributed by atoms with Crippen LogP contribution in [0.4, 0.5) is 0 Å². The first-order valence-corrected chi connectivity index (χ1v) is 34.4. The van der Waals surface area contributed by atoms with E-state index in [1.807, 2.05) is 0 Å². The van der Waals surface area contributed by atoms with Gasteiger partial charge in [-0.1, -0.05) is 293 Å². The zero-order chi connectivity index (χ0) is 57.1. The Kier molecular flexibility index (Phi) is 64.7. The third kappa shape index (κ3) is 65.5. The van der Waals surface area contributed by atoms with Crippen molar-refractivity contribution in [3.8, 4) is 0 Å². The van der Waals surface area contributed by atoms with E-state index in [1.165, 1.54) is 231 Å². The average molecular weight is 1100 g/mol. The minimum atomic E-state index is -0.783. The smallest absolute Gasteiger partial charge is 0.306 e. The lowest BCUT2D eigenvalue weighted by molar-refractivity contribution is -0.167. The van der Waals surface area contributed by atoms with Gasteiger partial charge in [0.15, 0.2) is 6.10 Å². The van der Waals surface area contributed by atoms with Gasteiger partial charge in [-0.05, 0) is 116 Å². The lowest BCUT2D eigenvalue weighted by Crippen LogP contribution is -2.30. The fourth-order valence-corrected chi connectivity index (χ4v) is 9.95. The summed E-state index contributed by atoms with van der Waals surface area (Å²) in [6.07, 6.45) is 87.7. The summed E-state index contributed by atoms with van der Waals surface area (Å²) >= 11 is 0. The molecule has 0 heterocycles. The van der Waals surface area contributed by atoms with E-state index in [9.17, 15) is 14.4 Å². The van der Waals surface area contributed by atoms with Crippen LogP contribution in [0.3, 0.4) is 0 Å². The zero-order valence-corrected chi connectivity index (χ0v) is 52.6. The Balaban J connectivity index is 4.31. The molecule has 0 aliphatic carbocycles. The summed E-state index contributed by atoms with van der Waals surface area (Å²) in [6, 6.07) is 0. The molecular formula is C73H130O6. The minimum absolute atomic E-state index is 0.0786. The van der Waals surface area contributed by atoms with Gasteiger partial charge in [0.2, 0.25) is 0 Å². The lowest BCUT2D eigenvalue weighted by atomic mass is 10.0. The van der Waals surface area contributed by atoms with Crippen LogP contribution in [0.5, 0.6) is 0 Å². The fraction of sp³-hybridized carbons (Fsp3) is 0.795. The first-order chi connectivity index (χ1) is 39.0. The Bertz CT molecular complexity index is 1450. The Morgan fingerprint density at radius 3 is 0.747 bits per heavy atom. The van der Waals surface area contributed by atoms with Gasteiger partial charge < -0.3 is 14.2 Å². The molecular weight excluding hydrogens is 973 g/mol. The molecule has 0 rings (SSSR count). The van der Waals surface area contributed by atoms with Crippen LogP contribution in [-0.4, -0.2) is 37.2 Å². The van der Waals surface area contributed by atoms with Gasteiger partial charge in [-0.3, -0.25) is 14.4 Å². The number of rotatable bonds is 63. The summed E-state index contributed by atoms with van der Waals surface area (Å²) in [5.74, 6) is -0.875. The van der Waals surface area contributed by atoms with Crippen LogP contribution in [0.15, 0.2) is 72.9 Å². The lowest BCUT2D eigenvalue weighted by Gasteiger charge is -2.18. The maximum atomic E-state index is 12.9. The van der Waals surface area contributed by atoms with Gasteiger partial charge in [0.05, 0.1) is 0 Å². The molecule has 458 valence electrons. The van der Waals surface area contributed by atoms with Crippen molar-refractivity contribution in [2.75, 3.05) is 13.2 Å². The summed E-state index contributed by atoms with van der Waals surface area (Å²) in [5, 5.41) is 0. The zero-order valence-electron chi connectivity index (χ0n) is 52.6. The van der Waals surface area contributed by atoms with Crippen molar-refractivity contribution in [1.82, 2.24) is 0 Å². The summed E-state index contributed by atoms with van der Waals surface area (Å²) in [4.78, 5) is 38.4. The fourth-order valence-electron chi connectivity index (χ4n) is 9.95. The second-order valence-electron chi connectivity index (χ2n) is 23.1. The Morgan fingerprint density at radius 2 is 0.456 bits per heavy atom. The normalized spacial score (nSPS) is 12.5. The van der Waals surface area contributed by atoms with Gasteiger partial charge in [0, 0.05) is 19.3 Å². The van der Waals surface area contributed by atoms with E-state index in [-0.39, 0.29) is 31.1 Å². The highest BCUT2D eigenvalue weighted by Crippen LogP contribution is 2.17. The van der Waals surface area contributed by atoms with Crippen molar-refractivity contribution in [3.63, 3.8) is 0 Å². The minimum Gasteiger partial charge on any atom is -0.462 e. The molecule has 0 radical (unpaired) electrons. The maximum Gasteiger partial charge on any atom is 0.306 e. The predicted molar refractivity (Wildman–Crippen MR) is 344 cm³/mol. The summed E-state index contributed by atoms with van der Waals surface area (Å²) in [5.41, 5.74) is 0. The predicted octanol–water partition coefficient (Wildman–Crippen LogP) is 23.7. The van der Waals surface area contributed by atoms with Gasteiger partial charge in [0.25, 0.3) is 0 Å². The maximum absolute atomic E-state index is 12.9. The van der Waals surface area contributed by atoms with Crippen molar-refractivity contribution >= 4 is 17.9 Å². The Hall–Kier alpha value is -3.15. The third-order valence-corrected chi connectivity index (χ3v) is 15.2. The second kappa shape index (κ2) is 67.4. The first-order valence-electron chi connectivity index (χ1n) is 34.4. The van der Waals surface area contributed by atoms with E-state index in [0.29, 0.717) is 19.3 Å². The molecule has 6 nitrogen and oxygen atoms in total. The number of ether oxygens (including phenoxy) is 3. The monoisotopic (exact) mass is 1100 g/mol. The summed E-state index contributed by atoms with van der Waals surface area (Å²) in [7, 11) is 0. The van der Waals surface area contributed by atoms with Gasteiger partial charge in [-0.25, -0.2) is 0 Å². The van der Waals surface area contributed by atoms with Crippen LogP contribution >= 0.6 is 0 Å². The van der Waals surface area contributed by atoms with Gasteiger partial charge in [-0.2, -0.15) is 0 Å². The number of allylic oxidation sites excluding steroid dienone is 12. The quantitative estimate of drug-likeness (QED) is 0.0261. The van der Waals surface area contributed by atoms with E-state index in [4.69, 9.17) is 14.2 Å². The van der Waals surface area contributed by atoms with Gasteiger partial charge in [-0.15, -0.1) is 0 Å². The third-order valence-electron chi connectivity index (χ3n) is 15.2. The van der Waals surface area contributed by atoms with Crippen molar-refractivity contribution < 1.29 is 28.6 Å². The molecule has 0 aromatic heterocycles. The molecule has 0 aromatic rings. The van der Waals surface area contributed by atoms with E-state index in [2.05, 4.69) is 93.7 Å². The molecule has 0 aliphatic rings. The van der Waals surface area contributed by atoms with Crippen LogP contribution in [-0.2, 0) is 28.6 Å². The molecule has 0 aliphatic heterocycles. The number of carbonyl (C=O) groups excluding carboxylic acids is 3. The second-order valence-corrected chi connectivity index (χ2v) is 23.1. The number of hydrogen-bond acceptors (Lipinski definition) is 6. The summed E-state index contributed by atoms with van der Waals surface area (Å²) in [6.45, 7) is 6.63. The van der Waals surface area contributed by atoms with Crippen LogP contribution in [0.1, 0.15) is 355 Å². The highest BCUT2D eigenvalue weighted by molar-refractivity contribution is 5.71. The number of esters is 3. The molecule has 0 saturated carbocycles. The Morgan fingerprint density at radius 1 is 0.253 bits per heavy atom. The highest BCUT2D eigenvalue weighted by atomic mass is 16.6. The number of unbranched alkanes of at least 4 members (excludes halogenated alkanes) is 40.